The Labute approximate surface area is 84.0 Å². The Morgan fingerprint density at radius 3 is 3.14 bits per heavy atom. The van der Waals surface area contributed by atoms with Crippen LogP contribution in [-0.2, 0) is 6.54 Å². The Balaban J connectivity index is 2.15. The molecule has 0 aliphatic rings. The highest BCUT2D eigenvalue weighted by molar-refractivity contribution is 5.77. The van der Waals surface area contributed by atoms with Gasteiger partial charge in [-0.05, 0) is 12.5 Å². The van der Waals surface area contributed by atoms with Gasteiger partial charge in [0.15, 0.2) is 5.96 Å². The van der Waals surface area contributed by atoms with Gasteiger partial charge < -0.3 is 11.1 Å². The fraction of sp³-hybridized carbons (Fsp3) is 0.556. The highest BCUT2D eigenvalue weighted by Gasteiger charge is 1.91. The summed E-state index contributed by atoms with van der Waals surface area (Å²) < 4.78 is 1.85. The van der Waals surface area contributed by atoms with Crippen LogP contribution in [0.25, 0.3) is 0 Å². The van der Waals surface area contributed by atoms with Crippen LogP contribution in [0.2, 0.25) is 0 Å². The molecule has 0 fully saturated rings. The van der Waals surface area contributed by atoms with Gasteiger partial charge in [-0.3, -0.25) is 9.67 Å². The lowest BCUT2D eigenvalue weighted by atomic mass is 10.5. The number of nitrogens with two attached hydrogens (primary N) is 1. The van der Waals surface area contributed by atoms with Gasteiger partial charge in [-0.25, -0.2) is 0 Å². The fourth-order valence-electron chi connectivity index (χ4n) is 1.02. The van der Waals surface area contributed by atoms with Gasteiger partial charge in [-0.15, -0.1) is 0 Å². The first-order chi connectivity index (χ1) is 6.83. The Bertz CT molecular complexity index is 265. The van der Waals surface area contributed by atoms with Crippen LogP contribution in [0.5, 0.6) is 0 Å². The van der Waals surface area contributed by atoms with Gasteiger partial charge in [0.2, 0.25) is 0 Å². The molecule has 1 aromatic rings. The van der Waals surface area contributed by atoms with Crippen molar-refractivity contribution in [1.29, 1.82) is 0 Å². The summed E-state index contributed by atoms with van der Waals surface area (Å²) in [4.78, 5) is 4.12. The lowest BCUT2D eigenvalue weighted by Crippen LogP contribution is -2.34. The average molecular weight is 195 g/mol. The number of rotatable bonds is 5. The second kappa shape index (κ2) is 6.01. The molecule has 0 amide bonds. The molecule has 0 saturated heterocycles. The molecule has 1 rings (SSSR count). The fourth-order valence-corrected chi connectivity index (χ4v) is 1.02. The molecule has 5 heteroatoms. The van der Waals surface area contributed by atoms with Crippen LogP contribution in [0.15, 0.2) is 23.5 Å². The molecule has 0 aliphatic heterocycles. The van der Waals surface area contributed by atoms with Crippen molar-refractivity contribution >= 4 is 5.96 Å². The molecule has 0 unspecified atom stereocenters. The van der Waals surface area contributed by atoms with E-state index in [9.17, 15) is 0 Å². The zero-order valence-corrected chi connectivity index (χ0v) is 8.48. The molecule has 0 aliphatic carbocycles. The van der Waals surface area contributed by atoms with E-state index in [2.05, 4.69) is 22.3 Å². The van der Waals surface area contributed by atoms with Crippen LogP contribution in [0, 0.1) is 0 Å². The van der Waals surface area contributed by atoms with Crippen LogP contribution in [0.1, 0.15) is 13.3 Å². The predicted octanol–water partition coefficient (Wildman–Crippen LogP) is 0.197. The number of guanidine groups is 1. The second-order valence-corrected chi connectivity index (χ2v) is 2.96. The minimum absolute atomic E-state index is 0.513. The standard InChI is InChI=1S/C9H17N5/c1-2-4-11-9(10)12-6-8-14-7-3-5-13-14/h3,5,7H,2,4,6,8H2,1H3,(H3,10,11,12). The topological polar surface area (TPSA) is 68.2 Å². The summed E-state index contributed by atoms with van der Waals surface area (Å²) >= 11 is 0. The van der Waals surface area contributed by atoms with Crippen LogP contribution in [0.4, 0.5) is 0 Å². The highest BCUT2D eigenvalue weighted by Crippen LogP contribution is 1.82. The van der Waals surface area contributed by atoms with E-state index < -0.39 is 0 Å². The van der Waals surface area contributed by atoms with Crippen molar-refractivity contribution < 1.29 is 0 Å². The van der Waals surface area contributed by atoms with E-state index >= 15 is 0 Å². The lowest BCUT2D eigenvalue weighted by Gasteiger charge is -2.05. The lowest BCUT2D eigenvalue weighted by molar-refractivity contribution is 0.601. The third-order valence-electron chi connectivity index (χ3n) is 1.71. The zero-order chi connectivity index (χ0) is 10.2. The van der Waals surface area contributed by atoms with Gasteiger partial charge in [0.1, 0.15) is 0 Å². The van der Waals surface area contributed by atoms with Crippen molar-refractivity contribution in [3.63, 3.8) is 0 Å². The first-order valence-corrected chi connectivity index (χ1v) is 4.84. The van der Waals surface area contributed by atoms with Gasteiger partial charge >= 0.3 is 0 Å². The molecule has 1 aromatic heterocycles. The van der Waals surface area contributed by atoms with Crippen LogP contribution in [-0.4, -0.2) is 28.8 Å². The molecule has 5 nitrogen and oxygen atoms in total. The quantitative estimate of drug-likeness (QED) is 0.521. The van der Waals surface area contributed by atoms with E-state index in [0.717, 1.165) is 26.1 Å². The van der Waals surface area contributed by atoms with Crippen LogP contribution in [0.3, 0.4) is 0 Å². The first kappa shape index (κ1) is 10.6. The maximum atomic E-state index is 5.61. The van der Waals surface area contributed by atoms with Crippen molar-refractivity contribution in [3.05, 3.63) is 18.5 Å². The summed E-state index contributed by atoms with van der Waals surface area (Å²) in [5, 5.41) is 7.09. The number of hydrogen-bond acceptors (Lipinski definition) is 2. The molecule has 0 atom stereocenters. The highest BCUT2D eigenvalue weighted by atomic mass is 15.3. The van der Waals surface area contributed by atoms with Gasteiger partial charge in [-0.1, -0.05) is 6.92 Å². The molecule has 78 valence electrons. The van der Waals surface area contributed by atoms with Gasteiger partial charge in [0.05, 0.1) is 6.54 Å². The summed E-state index contributed by atoms with van der Waals surface area (Å²) in [6.45, 7) is 4.40. The number of nitrogens with zero attached hydrogens (tertiary/aromatic N) is 3. The third kappa shape index (κ3) is 3.93. The molecule has 0 bridgehead atoms. The Kier molecular flexibility index (Phi) is 4.54. The van der Waals surface area contributed by atoms with Crippen molar-refractivity contribution in [2.45, 2.75) is 19.9 Å². The van der Waals surface area contributed by atoms with E-state index in [1.165, 1.54) is 0 Å². The third-order valence-corrected chi connectivity index (χ3v) is 1.71. The molecule has 0 spiro atoms. The molecule has 0 aromatic carbocycles. The number of hydrogen-bond donors (Lipinski definition) is 2. The predicted molar refractivity (Wildman–Crippen MR) is 57.0 cm³/mol. The van der Waals surface area contributed by atoms with E-state index in [1.54, 1.807) is 6.20 Å². The molecular formula is C9H17N5. The molecule has 0 saturated carbocycles. The summed E-state index contributed by atoms with van der Waals surface area (Å²) in [5.41, 5.74) is 5.61. The summed E-state index contributed by atoms with van der Waals surface area (Å²) in [7, 11) is 0. The maximum Gasteiger partial charge on any atom is 0.188 e. The smallest absolute Gasteiger partial charge is 0.188 e. The second-order valence-electron chi connectivity index (χ2n) is 2.96. The van der Waals surface area contributed by atoms with Crippen molar-refractivity contribution in [1.82, 2.24) is 15.1 Å². The minimum atomic E-state index is 0.513. The largest absolute Gasteiger partial charge is 0.370 e. The van der Waals surface area contributed by atoms with E-state index in [1.807, 2.05) is 16.9 Å². The first-order valence-electron chi connectivity index (χ1n) is 4.84. The van der Waals surface area contributed by atoms with Crippen molar-refractivity contribution in [3.8, 4) is 0 Å². The number of aliphatic imine (C=N–C) groups is 1. The van der Waals surface area contributed by atoms with Gasteiger partial charge in [-0.2, -0.15) is 5.10 Å². The van der Waals surface area contributed by atoms with E-state index in [0.29, 0.717) is 5.96 Å². The summed E-state index contributed by atoms with van der Waals surface area (Å²) in [6.07, 6.45) is 4.69. The Hall–Kier alpha value is -1.52. The summed E-state index contributed by atoms with van der Waals surface area (Å²) in [6, 6.07) is 1.90. The summed E-state index contributed by atoms with van der Waals surface area (Å²) in [5.74, 6) is 0.513. The Morgan fingerprint density at radius 2 is 2.50 bits per heavy atom. The van der Waals surface area contributed by atoms with Crippen molar-refractivity contribution in [2.24, 2.45) is 10.7 Å². The minimum Gasteiger partial charge on any atom is -0.370 e. The monoisotopic (exact) mass is 195 g/mol. The van der Waals surface area contributed by atoms with E-state index in [-0.39, 0.29) is 0 Å². The zero-order valence-electron chi connectivity index (χ0n) is 8.48. The molecule has 1 heterocycles. The Morgan fingerprint density at radius 1 is 1.64 bits per heavy atom. The molecule has 3 N–H and O–H groups in total. The van der Waals surface area contributed by atoms with Crippen molar-refractivity contribution in [2.75, 3.05) is 13.1 Å². The van der Waals surface area contributed by atoms with Gasteiger partial charge in [0, 0.05) is 25.5 Å². The van der Waals surface area contributed by atoms with Crippen LogP contribution >= 0.6 is 0 Å². The maximum absolute atomic E-state index is 5.61. The number of nitrogens with one attached hydrogen (secondary N) is 1. The average Bonchev–Trinajstić information content (AvgIpc) is 2.67. The molecule has 14 heavy (non-hydrogen) atoms. The van der Waals surface area contributed by atoms with Crippen LogP contribution < -0.4 is 11.1 Å². The SMILES string of the molecule is CCCN=C(N)NCCn1cccn1. The number of aromatic nitrogens is 2. The normalized spacial score (nSPS) is 11.6. The van der Waals surface area contributed by atoms with E-state index in [4.69, 9.17) is 5.73 Å². The molecule has 0 radical (unpaired) electrons. The molecular weight excluding hydrogens is 178 g/mol. The van der Waals surface area contributed by atoms with Gasteiger partial charge in [0.25, 0.3) is 0 Å².